The minimum Gasteiger partial charge on any atom is -0.484 e. The van der Waals surface area contributed by atoms with E-state index < -0.39 is 5.82 Å². The lowest BCUT2D eigenvalue weighted by Gasteiger charge is -2.39. The number of hydrogen-bond acceptors (Lipinski definition) is 5. The van der Waals surface area contributed by atoms with Gasteiger partial charge in [-0.05, 0) is 56.6 Å². The standard InChI is InChI=1S/C21H26ClFN4O3/c22-15-4-3-14(7-16(15)23)30-11-19(28)25-21-8-12(9-21)18(10-21)24-20(29)17-6-13-2-1-5-27(13)26-17/h3-4,7,12-13,17-18,26H,1-2,5-6,8-11H2,(H,24,29)(H,25,28)/t12?,13?,17?,18-,21?/m0/s1. The van der Waals surface area contributed by atoms with Gasteiger partial charge in [-0.3, -0.25) is 9.59 Å². The van der Waals surface area contributed by atoms with Gasteiger partial charge in [0.05, 0.1) is 5.02 Å². The summed E-state index contributed by atoms with van der Waals surface area (Å²) in [5.41, 5.74) is 3.07. The fourth-order valence-electron chi connectivity index (χ4n) is 5.58. The molecule has 3 saturated carbocycles. The molecule has 1 aromatic carbocycles. The van der Waals surface area contributed by atoms with Crippen molar-refractivity contribution in [3.63, 3.8) is 0 Å². The molecule has 2 saturated heterocycles. The second kappa shape index (κ2) is 7.66. The average molecular weight is 437 g/mol. The van der Waals surface area contributed by atoms with Crippen LogP contribution in [0.1, 0.15) is 38.5 Å². The number of ether oxygens (including phenoxy) is 1. The number of benzene rings is 1. The first-order valence-electron chi connectivity index (χ1n) is 10.6. The molecule has 5 fully saturated rings. The van der Waals surface area contributed by atoms with Gasteiger partial charge in [-0.2, -0.15) is 0 Å². The predicted molar refractivity (Wildman–Crippen MR) is 108 cm³/mol. The molecule has 9 heteroatoms. The number of nitrogens with zero attached hydrogens (tertiary/aromatic N) is 1. The third-order valence-electron chi connectivity index (χ3n) is 7.00. The lowest BCUT2D eigenvalue weighted by molar-refractivity contribution is -0.126. The van der Waals surface area contributed by atoms with E-state index in [1.807, 2.05) is 0 Å². The Labute approximate surface area is 179 Å². The largest absolute Gasteiger partial charge is 0.484 e. The summed E-state index contributed by atoms with van der Waals surface area (Å²) < 4.78 is 18.8. The lowest BCUT2D eigenvalue weighted by Crippen LogP contribution is -2.53. The van der Waals surface area contributed by atoms with E-state index in [4.69, 9.17) is 16.3 Å². The molecular formula is C21H26ClFN4O3. The zero-order valence-corrected chi connectivity index (χ0v) is 17.4. The Balaban J connectivity index is 1.09. The van der Waals surface area contributed by atoms with Crippen LogP contribution in [0.3, 0.4) is 0 Å². The minimum atomic E-state index is -0.582. The number of hydrazine groups is 1. The van der Waals surface area contributed by atoms with E-state index in [0.29, 0.717) is 12.0 Å². The fraction of sp³-hybridized carbons (Fsp3) is 0.619. The summed E-state index contributed by atoms with van der Waals surface area (Å²) in [6, 6.07) is 4.52. The summed E-state index contributed by atoms with van der Waals surface area (Å²) in [5, 5.41) is 8.48. The molecular weight excluding hydrogens is 411 g/mol. The van der Waals surface area contributed by atoms with Crippen LogP contribution in [0.5, 0.6) is 5.75 Å². The van der Waals surface area contributed by atoms with Crippen molar-refractivity contribution in [1.82, 2.24) is 21.1 Å². The van der Waals surface area contributed by atoms with Gasteiger partial charge in [0.25, 0.3) is 5.91 Å². The Morgan fingerprint density at radius 1 is 1.33 bits per heavy atom. The van der Waals surface area contributed by atoms with Gasteiger partial charge in [0.15, 0.2) is 6.61 Å². The third kappa shape index (κ3) is 3.76. The molecule has 5 aliphatic rings. The highest BCUT2D eigenvalue weighted by Gasteiger charge is 2.57. The number of carbonyl (C=O) groups is 2. The van der Waals surface area contributed by atoms with Crippen molar-refractivity contribution in [2.24, 2.45) is 5.92 Å². The summed E-state index contributed by atoms with van der Waals surface area (Å²) in [4.78, 5) is 25.0. The van der Waals surface area contributed by atoms with E-state index in [0.717, 1.165) is 44.7 Å². The molecule has 30 heavy (non-hydrogen) atoms. The smallest absolute Gasteiger partial charge is 0.258 e. The van der Waals surface area contributed by atoms with Gasteiger partial charge in [0.2, 0.25) is 5.91 Å². The van der Waals surface area contributed by atoms with Gasteiger partial charge in [-0.1, -0.05) is 11.6 Å². The number of halogens is 2. The topological polar surface area (TPSA) is 82.7 Å². The van der Waals surface area contributed by atoms with Crippen molar-refractivity contribution in [2.75, 3.05) is 13.2 Å². The van der Waals surface area contributed by atoms with Gasteiger partial charge in [-0.15, -0.1) is 0 Å². The summed E-state index contributed by atoms with van der Waals surface area (Å²) in [7, 11) is 0. The summed E-state index contributed by atoms with van der Waals surface area (Å²) in [6.07, 6.45) is 5.69. The van der Waals surface area contributed by atoms with E-state index >= 15 is 0 Å². The Hall–Kier alpha value is -1.90. The SMILES string of the molecule is O=C(COc1ccc(Cl)c(F)c1)NC12CC(C1)[C@@H](NC(=O)C1CC3CCCN3N1)C2. The van der Waals surface area contributed by atoms with Crippen LogP contribution in [0, 0.1) is 11.7 Å². The maximum absolute atomic E-state index is 13.5. The monoisotopic (exact) mass is 436 g/mol. The number of amides is 2. The van der Waals surface area contributed by atoms with Crippen LogP contribution in [0.2, 0.25) is 5.02 Å². The molecule has 2 amide bonds. The minimum absolute atomic E-state index is 0.0124. The molecule has 2 aliphatic heterocycles. The number of rotatable bonds is 6. The first-order chi connectivity index (χ1) is 14.4. The van der Waals surface area contributed by atoms with Gasteiger partial charge >= 0.3 is 0 Å². The zero-order chi connectivity index (χ0) is 20.9. The van der Waals surface area contributed by atoms with E-state index in [-0.39, 0.29) is 46.8 Å². The first kappa shape index (κ1) is 20.0. The van der Waals surface area contributed by atoms with Crippen LogP contribution in [-0.2, 0) is 9.59 Å². The Kier molecular flexibility index (Phi) is 5.11. The molecule has 0 radical (unpaired) electrons. The van der Waals surface area contributed by atoms with Crippen LogP contribution < -0.4 is 20.8 Å². The molecule has 3 atom stereocenters. The van der Waals surface area contributed by atoms with Crippen molar-refractivity contribution in [3.8, 4) is 5.75 Å². The van der Waals surface area contributed by atoms with Crippen LogP contribution in [0.25, 0.3) is 0 Å². The van der Waals surface area contributed by atoms with E-state index in [1.165, 1.54) is 18.6 Å². The quantitative estimate of drug-likeness (QED) is 0.633. The molecule has 1 aromatic rings. The van der Waals surface area contributed by atoms with Gasteiger partial charge < -0.3 is 15.4 Å². The van der Waals surface area contributed by atoms with Gasteiger partial charge in [0.1, 0.15) is 17.6 Å². The van der Waals surface area contributed by atoms with Crippen molar-refractivity contribution < 1.29 is 18.7 Å². The average Bonchev–Trinajstić information content (AvgIpc) is 3.41. The second-order valence-electron chi connectivity index (χ2n) is 9.09. The normalized spacial score (nSPS) is 34.3. The highest BCUT2D eigenvalue weighted by atomic mass is 35.5. The maximum atomic E-state index is 13.5. The van der Waals surface area contributed by atoms with Crippen LogP contribution >= 0.6 is 11.6 Å². The van der Waals surface area contributed by atoms with Crippen LogP contribution in [0.4, 0.5) is 4.39 Å². The highest BCUT2D eigenvalue weighted by molar-refractivity contribution is 6.30. The molecule has 2 unspecified atom stereocenters. The van der Waals surface area contributed by atoms with Crippen LogP contribution in [0.15, 0.2) is 18.2 Å². The number of hydrogen-bond donors (Lipinski definition) is 3. The molecule has 0 spiro atoms. The van der Waals surface area contributed by atoms with Crippen molar-refractivity contribution >= 4 is 23.4 Å². The Bertz CT molecular complexity index is 851. The number of nitrogens with one attached hydrogen (secondary N) is 3. The van der Waals surface area contributed by atoms with Crippen LogP contribution in [-0.4, -0.2) is 53.6 Å². The first-order valence-corrected chi connectivity index (χ1v) is 11.0. The molecule has 3 aliphatic carbocycles. The predicted octanol–water partition coefficient (Wildman–Crippen LogP) is 1.75. The van der Waals surface area contributed by atoms with E-state index in [2.05, 4.69) is 21.1 Å². The molecule has 3 N–H and O–H groups in total. The van der Waals surface area contributed by atoms with Crippen molar-refractivity contribution in [2.45, 2.75) is 62.2 Å². The number of carbonyl (C=O) groups excluding carboxylic acids is 2. The van der Waals surface area contributed by atoms with E-state index in [9.17, 15) is 14.0 Å². The zero-order valence-electron chi connectivity index (χ0n) is 16.6. The Morgan fingerprint density at radius 2 is 2.17 bits per heavy atom. The molecule has 2 heterocycles. The summed E-state index contributed by atoms with van der Waals surface area (Å²) in [6.45, 7) is 0.827. The molecule has 6 rings (SSSR count). The summed E-state index contributed by atoms with van der Waals surface area (Å²) in [5.74, 6) is -0.0918. The van der Waals surface area contributed by atoms with Crippen molar-refractivity contribution in [3.05, 3.63) is 29.0 Å². The molecule has 7 nitrogen and oxygen atoms in total. The Morgan fingerprint density at radius 3 is 2.93 bits per heavy atom. The summed E-state index contributed by atoms with van der Waals surface area (Å²) >= 11 is 5.65. The van der Waals surface area contributed by atoms with E-state index in [1.54, 1.807) is 0 Å². The lowest BCUT2D eigenvalue weighted by atomic mass is 9.76. The second-order valence-corrected chi connectivity index (χ2v) is 9.49. The third-order valence-corrected chi connectivity index (χ3v) is 7.31. The van der Waals surface area contributed by atoms with Gasteiger partial charge in [0, 0.05) is 30.2 Å². The van der Waals surface area contributed by atoms with Gasteiger partial charge in [-0.25, -0.2) is 14.8 Å². The maximum Gasteiger partial charge on any atom is 0.258 e. The van der Waals surface area contributed by atoms with Crippen molar-refractivity contribution in [1.29, 1.82) is 0 Å². The highest BCUT2D eigenvalue weighted by Crippen LogP contribution is 2.52. The molecule has 162 valence electrons. The number of fused-ring (bicyclic) bond motifs is 2. The molecule has 0 aromatic heterocycles. The fourth-order valence-corrected chi connectivity index (χ4v) is 5.69. The molecule has 2 bridgehead atoms.